The van der Waals surface area contributed by atoms with E-state index in [0.717, 1.165) is 12.8 Å². The summed E-state index contributed by atoms with van der Waals surface area (Å²) in [5.74, 6) is -0.115. The molecule has 0 spiro atoms. The zero-order valence-electron chi connectivity index (χ0n) is 15.4. The normalized spacial score (nSPS) is 17.0. The van der Waals surface area contributed by atoms with Gasteiger partial charge in [0.1, 0.15) is 5.75 Å². The van der Waals surface area contributed by atoms with Gasteiger partial charge in [0.15, 0.2) is 0 Å². The highest BCUT2D eigenvalue weighted by Crippen LogP contribution is 2.35. The maximum absolute atomic E-state index is 12.7. The average molecular weight is 404 g/mol. The molecule has 1 atom stereocenters. The molecule has 1 heterocycles. The van der Waals surface area contributed by atoms with Crippen LogP contribution >= 0.6 is 24.0 Å². The highest BCUT2D eigenvalue weighted by Gasteiger charge is 2.38. The van der Waals surface area contributed by atoms with Crippen LogP contribution in [0.25, 0.3) is 0 Å². The smallest absolute Gasteiger partial charge is 0.227 e. The van der Waals surface area contributed by atoms with Crippen LogP contribution in [0, 0.1) is 5.92 Å². The van der Waals surface area contributed by atoms with E-state index in [9.17, 15) is 9.59 Å². The van der Waals surface area contributed by atoms with Crippen molar-refractivity contribution in [1.29, 1.82) is 0 Å². The summed E-state index contributed by atoms with van der Waals surface area (Å²) in [4.78, 5) is 26.7. The van der Waals surface area contributed by atoms with E-state index in [1.165, 1.54) is 7.11 Å². The van der Waals surface area contributed by atoms with Crippen molar-refractivity contribution in [2.75, 3.05) is 25.1 Å². The van der Waals surface area contributed by atoms with Crippen LogP contribution in [0.3, 0.4) is 0 Å². The van der Waals surface area contributed by atoms with E-state index in [-0.39, 0.29) is 30.6 Å². The van der Waals surface area contributed by atoms with Crippen molar-refractivity contribution in [3.8, 4) is 5.75 Å². The van der Waals surface area contributed by atoms with Gasteiger partial charge in [0.25, 0.3) is 0 Å². The van der Waals surface area contributed by atoms with E-state index in [4.69, 9.17) is 22.1 Å². The topological polar surface area (TPSA) is 84.7 Å². The van der Waals surface area contributed by atoms with Crippen LogP contribution in [-0.2, 0) is 9.59 Å². The molecule has 8 heteroatoms. The first-order valence-electron chi connectivity index (χ1n) is 8.55. The fraction of sp³-hybridized carbons (Fsp3) is 0.556. The predicted octanol–water partition coefficient (Wildman–Crippen LogP) is 2.76. The molecule has 1 fully saturated rings. The van der Waals surface area contributed by atoms with E-state index in [0.29, 0.717) is 29.5 Å². The summed E-state index contributed by atoms with van der Waals surface area (Å²) in [5, 5.41) is 3.56. The second-order valence-electron chi connectivity index (χ2n) is 6.40. The summed E-state index contributed by atoms with van der Waals surface area (Å²) in [5.41, 5.74) is 6.03. The predicted molar refractivity (Wildman–Crippen MR) is 106 cm³/mol. The van der Waals surface area contributed by atoms with Crippen molar-refractivity contribution in [2.45, 2.75) is 38.6 Å². The Morgan fingerprint density at radius 3 is 2.62 bits per heavy atom. The molecule has 146 valence electrons. The summed E-state index contributed by atoms with van der Waals surface area (Å²) in [6, 6.07) is 5.10. The summed E-state index contributed by atoms with van der Waals surface area (Å²) >= 11 is 6.06. The number of hydrogen-bond donors (Lipinski definition) is 2. The Labute approximate surface area is 165 Å². The average Bonchev–Trinajstić information content (AvgIpc) is 3.01. The summed E-state index contributed by atoms with van der Waals surface area (Å²) in [6.07, 6.45) is 1.66. The van der Waals surface area contributed by atoms with Crippen LogP contribution in [0.5, 0.6) is 5.75 Å². The first-order valence-corrected chi connectivity index (χ1v) is 8.93. The molecule has 3 N–H and O–H groups in total. The lowest BCUT2D eigenvalue weighted by atomic mass is 9.91. The van der Waals surface area contributed by atoms with Gasteiger partial charge in [-0.2, -0.15) is 0 Å². The van der Waals surface area contributed by atoms with Gasteiger partial charge in [-0.15, -0.1) is 12.4 Å². The van der Waals surface area contributed by atoms with Crippen molar-refractivity contribution >= 4 is 41.5 Å². The van der Waals surface area contributed by atoms with Gasteiger partial charge >= 0.3 is 0 Å². The van der Waals surface area contributed by atoms with E-state index < -0.39 is 11.5 Å². The van der Waals surface area contributed by atoms with Crippen LogP contribution in [0.15, 0.2) is 18.2 Å². The number of anilines is 1. The number of nitrogens with zero attached hydrogens (tertiary/aromatic N) is 1. The lowest BCUT2D eigenvalue weighted by Gasteiger charge is -2.32. The minimum absolute atomic E-state index is 0. The molecule has 6 nitrogen and oxygen atoms in total. The Morgan fingerprint density at radius 1 is 1.42 bits per heavy atom. The number of nitrogens with two attached hydrogens (primary N) is 1. The van der Waals surface area contributed by atoms with E-state index in [1.807, 2.05) is 13.8 Å². The van der Waals surface area contributed by atoms with Crippen molar-refractivity contribution in [3.05, 3.63) is 23.2 Å². The van der Waals surface area contributed by atoms with Gasteiger partial charge in [0.05, 0.1) is 24.3 Å². The third-order valence-electron chi connectivity index (χ3n) is 5.06. The Morgan fingerprint density at radius 2 is 2.08 bits per heavy atom. The van der Waals surface area contributed by atoms with E-state index in [2.05, 4.69) is 5.32 Å². The van der Waals surface area contributed by atoms with Gasteiger partial charge in [0.2, 0.25) is 11.8 Å². The number of carbonyl (C=O) groups excluding carboxylic acids is 2. The van der Waals surface area contributed by atoms with Crippen molar-refractivity contribution in [3.63, 3.8) is 0 Å². The van der Waals surface area contributed by atoms with Gasteiger partial charge < -0.3 is 20.7 Å². The molecule has 2 amide bonds. The first-order chi connectivity index (χ1) is 11.9. The number of ether oxygens (including phenoxy) is 1. The quantitative estimate of drug-likeness (QED) is 0.732. The molecule has 1 aliphatic rings. The van der Waals surface area contributed by atoms with Crippen LogP contribution in [0.1, 0.15) is 33.1 Å². The Bertz CT molecular complexity index is 642. The Hall–Kier alpha value is -1.50. The number of hydrogen-bond acceptors (Lipinski definition) is 4. The van der Waals surface area contributed by atoms with Gasteiger partial charge in [-0.05, 0) is 31.0 Å². The van der Waals surface area contributed by atoms with E-state index >= 15 is 0 Å². The van der Waals surface area contributed by atoms with Crippen LogP contribution in [0.2, 0.25) is 5.02 Å². The molecular weight excluding hydrogens is 377 g/mol. The van der Waals surface area contributed by atoms with Crippen LogP contribution in [-0.4, -0.2) is 37.6 Å². The second kappa shape index (κ2) is 9.44. The monoisotopic (exact) mass is 403 g/mol. The molecular formula is C18H27Cl2N3O3. The molecule has 0 bridgehead atoms. The molecule has 0 saturated carbocycles. The Balaban J connectivity index is 0.00000338. The van der Waals surface area contributed by atoms with Crippen LogP contribution in [0.4, 0.5) is 5.69 Å². The summed E-state index contributed by atoms with van der Waals surface area (Å²) < 4.78 is 5.32. The molecule has 1 aromatic rings. The van der Waals surface area contributed by atoms with Gasteiger partial charge in [-0.1, -0.05) is 25.4 Å². The third kappa shape index (κ3) is 4.61. The summed E-state index contributed by atoms with van der Waals surface area (Å²) in [6.45, 7) is 4.67. The highest BCUT2D eigenvalue weighted by atomic mass is 35.5. The van der Waals surface area contributed by atoms with Crippen molar-refractivity contribution in [2.24, 2.45) is 11.7 Å². The SMILES string of the molecule is CCC(CC)(CN)NC(=O)C1CC(=O)N(c2cc(Cl)ccc2OC)C1.Cl. The standard InChI is InChI=1S/C18H26ClN3O3.ClH/c1-4-18(5-2,11-20)21-17(24)12-8-16(23)22(10-12)14-9-13(19)6-7-15(14)25-3;/h6-7,9,12H,4-5,8,10-11,20H2,1-3H3,(H,21,24);1H. The first kappa shape index (κ1) is 22.5. The molecule has 1 unspecified atom stereocenters. The van der Waals surface area contributed by atoms with Gasteiger partial charge in [-0.25, -0.2) is 0 Å². The maximum atomic E-state index is 12.7. The molecule has 1 aliphatic heterocycles. The lowest BCUT2D eigenvalue weighted by Crippen LogP contribution is -2.54. The number of rotatable bonds is 7. The zero-order valence-corrected chi connectivity index (χ0v) is 17.0. The number of amides is 2. The molecule has 26 heavy (non-hydrogen) atoms. The Kier molecular flexibility index (Phi) is 8.18. The van der Waals surface area contributed by atoms with Gasteiger partial charge in [0, 0.05) is 24.5 Å². The molecule has 0 aliphatic carbocycles. The molecule has 0 aromatic heterocycles. The molecule has 1 saturated heterocycles. The molecule has 1 aromatic carbocycles. The fourth-order valence-corrected chi connectivity index (χ4v) is 3.29. The minimum atomic E-state index is -0.416. The van der Waals surface area contributed by atoms with Crippen molar-refractivity contribution in [1.82, 2.24) is 5.32 Å². The largest absolute Gasteiger partial charge is 0.495 e. The number of nitrogens with one attached hydrogen (secondary N) is 1. The number of halogens is 2. The molecule has 0 radical (unpaired) electrons. The number of benzene rings is 1. The van der Waals surface area contributed by atoms with E-state index in [1.54, 1.807) is 23.1 Å². The zero-order chi connectivity index (χ0) is 18.6. The lowest BCUT2D eigenvalue weighted by molar-refractivity contribution is -0.128. The highest BCUT2D eigenvalue weighted by molar-refractivity contribution is 6.31. The third-order valence-corrected chi connectivity index (χ3v) is 5.30. The number of carbonyl (C=O) groups is 2. The molecule has 2 rings (SSSR count). The van der Waals surface area contributed by atoms with Crippen LogP contribution < -0.4 is 20.7 Å². The number of methoxy groups -OCH3 is 1. The second-order valence-corrected chi connectivity index (χ2v) is 6.84. The fourth-order valence-electron chi connectivity index (χ4n) is 3.12. The van der Waals surface area contributed by atoms with Crippen molar-refractivity contribution < 1.29 is 14.3 Å². The minimum Gasteiger partial charge on any atom is -0.495 e. The van der Waals surface area contributed by atoms with Gasteiger partial charge in [-0.3, -0.25) is 9.59 Å². The summed E-state index contributed by atoms with van der Waals surface area (Å²) in [7, 11) is 1.54. The maximum Gasteiger partial charge on any atom is 0.227 e.